The van der Waals surface area contributed by atoms with Crippen molar-refractivity contribution >= 4 is 11.9 Å². The van der Waals surface area contributed by atoms with Crippen LogP contribution >= 0.6 is 0 Å². The number of piperazine rings is 1. The highest BCUT2D eigenvalue weighted by atomic mass is 19.1. The fourth-order valence-electron chi connectivity index (χ4n) is 2.64. The normalized spacial score (nSPS) is 15.2. The van der Waals surface area contributed by atoms with E-state index in [-0.39, 0.29) is 5.82 Å². The summed E-state index contributed by atoms with van der Waals surface area (Å²) in [5.74, 6) is 0.670. The maximum absolute atomic E-state index is 12.9. The lowest BCUT2D eigenvalue weighted by Gasteiger charge is -2.35. The van der Waals surface area contributed by atoms with Gasteiger partial charge in [-0.25, -0.2) is 4.39 Å². The minimum absolute atomic E-state index is 0.229. The number of hydrazone groups is 1. The molecule has 0 N–H and O–H groups in total. The monoisotopic (exact) mass is 313 g/mol. The molecule has 1 aliphatic rings. The number of hydrogen-bond donors (Lipinski definition) is 0. The van der Waals surface area contributed by atoms with Crippen molar-refractivity contribution in [3.63, 3.8) is 0 Å². The van der Waals surface area contributed by atoms with Crippen molar-refractivity contribution < 1.29 is 9.13 Å². The van der Waals surface area contributed by atoms with Gasteiger partial charge >= 0.3 is 0 Å². The lowest BCUT2D eigenvalue weighted by molar-refractivity contribution is 0.271. The van der Waals surface area contributed by atoms with E-state index >= 15 is 0 Å². The van der Waals surface area contributed by atoms with Crippen LogP contribution in [0.15, 0.2) is 53.6 Å². The van der Waals surface area contributed by atoms with E-state index in [1.807, 2.05) is 23.2 Å². The Morgan fingerprint density at radius 3 is 2.39 bits per heavy atom. The average molecular weight is 313 g/mol. The molecule has 5 heteroatoms. The first-order valence-corrected chi connectivity index (χ1v) is 7.69. The van der Waals surface area contributed by atoms with Crippen LogP contribution in [0.1, 0.15) is 5.56 Å². The lowest BCUT2D eigenvalue weighted by atomic mass is 10.2. The number of ether oxygens (including phenoxy) is 1. The molecule has 0 saturated carbocycles. The Morgan fingerprint density at radius 1 is 1.00 bits per heavy atom. The van der Waals surface area contributed by atoms with E-state index in [0.29, 0.717) is 0 Å². The zero-order valence-electron chi connectivity index (χ0n) is 13.2. The molecule has 0 unspecified atom stereocenters. The predicted molar refractivity (Wildman–Crippen MR) is 90.8 cm³/mol. The Labute approximate surface area is 135 Å². The molecule has 0 bridgehead atoms. The van der Waals surface area contributed by atoms with E-state index < -0.39 is 0 Å². The summed E-state index contributed by atoms with van der Waals surface area (Å²) in [4.78, 5) is 2.31. The topological polar surface area (TPSA) is 28.1 Å². The molecule has 0 aliphatic carbocycles. The Kier molecular flexibility index (Phi) is 4.76. The molecule has 0 spiro atoms. The van der Waals surface area contributed by atoms with E-state index in [9.17, 15) is 4.39 Å². The summed E-state index contributed by atoms with van der Waals surface area (Å²) in [6.45, 7) is 3.47. The molecule has 0 amide bonds. The van der Waals surface area contributed by atoms with Crippen molar-refractivity contribution in [2.24, 2.45) is 5.10 Å². The van der Waals surface area contributed by atoms with Crippen LogP contribution in [0.3, 0.4) is 0 Å². The maximum Gasteiger partial charge on any atom is 0.142 e. The van der Waals surface area contributed by atoms with Gasteiger partial charge in [-0.05, 0) is 29.8 Å². The first kappa shape index (κ1) is 15.3. The molecule has 120 valence electrons. The average Bonchev–Trinajstić information content (AvgIpc) is 2.62. The van der Waals surface area contributed by atoms with E-state index in [1.165, 1.54) is 12.1 Å². The van der Waals surface area contributed by atoms with Gasteiger partial charge in [-0.2, -0.15) is 5.10 Å². The zero-order chi connectivity index (χ0) is 16.1. The van der Waals surface area contributed by atoms with Gasteiger partial charge in [0.25, 0.3) is 0 Å². The van der Waals surface area contributed by atoms with Crippen LogP contribution < -0.4 is 9.64 Å². The summed E-state index contributed by atoms with van der Waals surface area (Å²) in [5, 5.41) is 6.52. The SMILES string of the molecule is COc1ccccc1N1CCN(/N=C\c2ccc(F)cc2)CC1. The fourth-order valence-corrected chi connectivity index (χ4v) is 2.64. The van der Waals surface area contributed by atoms with E-state index in [2.05, 4.69) is 16.1 Å². The number of benzene rings is 2. The summed E-state index contributed by atoms with van der Waals surface area (Å²) in [5.41, 5.74) is 2.02. The second-order valence-electron chi connectivity index (χ2n) is 5.41. The van der Waals surface area contributed by atoms with Crippen molar-refractivity contribution in [2.75, 3.05) is 38.2 Å². The highest BCUT2D eigenvalue weighted by molar-refractivity contribution is 5.79. The number of rotatable bonds is 4. The molecule has 0 radical (unpaired) electrons. The van der Waals surface area contributed by atoms with Crippen molar-refractivity contribution in [1.29, 1.82) is 0 Å². The summed E-state index contributed by atoms with van der Waals surface area (Å²) in [7, 11) is 1.70. The third kappa shape index (κ3) is 3.80. The summed E-state index contributed by atoms with van der Waals surface area (Å²) >= 11 is 0. The molecule has 1 heterocycles. The predicted octanol–water partition coefficient (Wildman–Crippen LogP) is 2.99. The summed E-state index contributed by atoms with van der Waals surface area (Å²) in [6, 6.07) is 14.4. The molecular weight excluding hydrogens is 293 g/mol. The van der Waals surface area contributed by atoms with Gasteiger partial charge in [-0.15, -0.1) is 0 Å². The highest BCUT2D eigenvalue weighted by Gasteiger charge is 2.18. The zero-order valence-corrected chi connectivity index (χ0v) is 13.2. The van der Waals surface area contributed by atoms with Gasteiger partial charge in [0.15, 0.2) is 0 Å². The van der Waals surface area contributed by atoms with Gasteiger partial charge < -0.3 is 9.64 Å². The van der Waals surface area contributed by atoms with Gasteiger partial charge in [0.05, 0.1) is 32.1 Å². The van der Waals surface area contributed by atoms with Crippen LogP contribution in [0.4, 0.5) is 10.1 Å². The minimum atomic E-state index is -0.229. The quantitative estimate of drug-likeness (QED) is 0.812. The number of anilines is 1. The Morgan fingerprint density at radius 2 is 1.70 bits per heavy atom. The smallest absolute Gasteiger partial charge is 0.142 e. The van der Waals surface area contributed by atoms with Gasteiger partial charge in [-0.3, -0.25) is 5.01 Å². The van der Waals surface area contributed by atoms with E-state index in [1.54, 1.807) is 25.5 Å². The molecular formula is C18H20FN3O. The van der Waals surface area contributed by atoms with Crippen molar-refractivity contribution in [3.8, 4) is 5.75 Å². The first-order valence-electron chi connectivity index (χ1n) is 7.69. The Bertz CT molecular complexity index is 664. The molecule has 23 heavy (non-hydrogen) atoms. The van der Waals surface area contributed by atoms with E-state index in [0.717, 1.165) is 43.2 Å². The molecule has 2 aromatic carbocycles. The molecule has 4 nitrogen and oxygen atoms in total. The Hall–Kier alpha value is -2.56. The van der Waals surface area contributed by atoms with Gasteiger partial charge in [0.2, 0.25) is 0 Å². The fraction of sp³-hybridized carbons (Fsp3) is 0.278. The summed E-state index contributed by atoms with van der Waals surface area (Å²) < 4.78 is 18.3. The van der Waals surface area contributed by atoms with Crippen LogP contribution in [-0.2, 0) is 0 Å². The van der Waals surface area contributed by atoms with Crippen LogP contribution in [0.5, 0.6) is 5.75 Å². The van der Waals surface area contributed by atoms with Crippen molar-refractivity contribution in [1.82, 2.24) is 5.01 Å². The van der Waals surface area contributed by atoms with Gasteiger partial charge in [-0.1, -0.05) is 24.3 Å². The molecule has 0 aromatic heterocycles. The van der Waals surface area contributed by atoms with E-state index in [4.69, 9.17) is 4.74 Å². The van der Waals surface area contributed by atoms with Crippen LogP contribution in [0, 0.1) is 5.82 Å². The maximum atomic E-state index is 12.9. The summed E-state index contributed by atoms with van der Waals surface area (Å²) in [6.07, 6.45) is 1.78. The molecule has 0 atom stereocenters. The lowest BCUT2D eigenvalue weighted by Crippen LogP contribution is -2.44. The molecule has 1 fully saturated rings. The molecule has 1 saturated heterocycles. The number of para-hydroxylation sites is 2. The highest BCUT2D eigenvalue weighted by Crippen LogP contribution is 2.28. The van der Waals surface area contributed by atoms with Crippen LogP contribution in [0.2, 0.25) is 0 Å². The molecule has 2 aromatic rings. The number of halogens is 1. The number of methoxy groups -OCH3 is 1. The molecule has 3 rings (SSSR count). The van der Waals surface area contributed by atoms with Gasteiger partial charge in [0, 0.05) is 13.1 Å². The molecule has 1 aliphatic heterocycles. The van der Waals surface area contributed by atoms with Crippen LogP contribution in [-0.4, -0.2) is 44.5 Å². The number of nitrogens with zero attached hydrogens (tertiary/aromatic N) is 3. The standard InChI is InChI=1S/C18H20FN3O/c1-23-18-5-3-2-4-17(18)21-10-12-22(13-11-21)20-14-15-6-8-16(19)9-7-15/h2-9,14H,10-13H2,1H3/b20-14-. The second-order valence-corrected chi connectivity index (χ2v) is 5.41. The third-order valence-corrected chi connectivity index (χ3v) is 3.92. The Balaban J connectivity index is 1.59. The van der Waals surface area contributed by atoms with Crippen molar-refractivity contribution in [3.05, 3.63) is 59.9 Å². The minimum Gasteiger partial charge on any atom is -0.495 e. The number of hydrogen-bond acceptors (Lipinski definition) is 4. The first-order chi connectivity index (χ1) is 11.3. The second kappa shape index (κ2) is 7.13. The van der Waals surface area contributed by atoms with Crippen molar-refractivity contribution in [2.45, 2.75) is 0 Å². The third-order valence-electron chi connectivity index (χ3n) is 3.92. The largest absolute Gasteiger partial charge is 0.495 e. The van der Waals surface area contributed by atoms with Gasteiger partial charge in [0.1, 0.15) is 11.6 Å². The van der Waals surface area contributed by atoms with Crippen LogP contribution in [0.25, 0.3) is 0 Å².